The van der Waals surface area contributed by atoms with Crippen LogP contribution in [0.25, 0.3) is 0 Å². The highest BCUT2D eigenvalue weighted by Gasteiger charge is 2.12. The Balaban J connectivity index is 1.76. The standard InChI is InChI=1S/C19H16Cl2N4O/c1-12-10-16(18(26)22-11-13-6-3-2-4-7-13)25-19(23-12)24-15-9-5-8-14(20)17(15)21/h2-10H,11H2,1H3,(H,22,26)(H,23,24,25). The van der Waals surface area contributed by atoms with E-state index < -0.39 is 0 Å². The van der Waals surface area contributed by atoms with Crippen molar-refractivity contribution in [3.63, 3.8) is 0 Å². The average molecular weight is 387 g/mol. The number of aryl methyl sites for hydroxylation is 1. The summed E-state index contributed by atoms with van der Waals surface area (Å²) >= 11 is 12.2. The minimum atomic E-state index is -0.278. The van der Waals surface area contributed by atoms with E-state index in [4.69, 9.17) is 23.2 Å². The van der Waals surface area contributed by atoms with E-state index in [1.807, 2.05) is 30.3 Å². The largest absolute Gasteiger partial charge is 0.347 e. The van der Waals surface area contributed by atoms with Gasteiger partial charge < -0.3 is 10.6 Å². The minimum Gasteiger partial charge on any atom is -0.347 e. The van der Waals surface area contributed by atoms with E-state index in [0.29, 0.717) is 28.0 Å². The molecule has 1 heterocycles. The van der Waals surface area contributed by atoms with Gasteiger partial charge in [-0.2, -0.15) is 0 Å². The molecule has 0 fully saturated rings. The van der Waals surface area contributed by atoms with Crippen LogP contribution in [0.15, 0.2) is 54.6 Å². The van der Waals surface area contributed by atoms with Crippen LogP contribution >= 0.6 is 23.2 Å². The number of carbonyl (C=O) groups is 1. The number of amides is 1. The quantitative estimate of drug-likeness (QED) is 0.662. The van der Waals surface area contributed by atoms with Crippen molar-refractivity contribution in [2.45, 2.75) is 13.5 Å². The van der Waals surface area contributed by atoms with Crippen LogP contribution < -0.4 is 10.6 Å². The highest BCUT2D eigenvalue weighted by Crippen LogP contribution is 2.30. The van der Waals surface area contributed by atoms with E-state index in [1.165, 1.54) is 0 Å². The van der Waals surface area contributed by atoms with Gasteiger partial charge >= 0.3 is 0 Å². The first-order chi connectivity index (χ1) is 12.5. The lowest BCUT2D eigenvalue weighted by Crippen LogP contribution is -2.24. The molecule has 2 aromatic carbocycles. The number of carbonyl (C=O) groups excluding carboxylic acids is 1. The first kappa shape index (κ1) is 18.2. The van der Waals surface area contributed by atoms with E-state index in [-0.39, 0.29) is 17.5 Å². The van der Waals surface area contributed by atoms with Crippen LogP contribution in [0.5, 0.6) is 0 Å². The van der Waals surface area contributed by atoms with Gasteiger partial charge in [0.15, 0.2) is 0 Å². The van der Waals surface area contributed by atoms with E-state index in [2.05, 4.69) is 20.6 Å². The molecule has 0 radical (unpaired) electrons. The first-order valence-corrected chi connectivity index (χ1v) is 8.67. The second kappa shape index (κ2) is 8.17. The molecule has 1 aromatic heterocycles. The fraction of sp³-hybridized carbons (Fsp3) is 0.105. The van der Waals surface area contributed by atoms with Gasteiger partial charge in [-0.25, -0.2) is 9.97 Å². The Labute approximate surface area is 161 Å². The van der Waals surface area contributed by atoms with Gasteiger partial charge in [0.25, 0.3) is 5.91 Å². The summed E-state index contributed by atoms with van der Waals surface area (Å²) in [7, 11) is 0. The lowest BCUT2D eigenvalue weighted by Gasteiger charge is -2.10. The van der Waals surface area contributed by atoms with Gasteiger partial charge in [0.05, 0.1) is 15.7 Å². The molecule has 0 unspecified atom stereocenters. The van der Waals surface area contributed by atoms with Crippen molar-refractivity contribution in [3.05, 3.63) is 81.6 Å². The van der Waals surface area contributed by atoms with Crippen LogP contribution in [0.4, 0.5) is 11.6 Å². The fourth-order valence-electron chi connectivity index (χ4n) is 2.33. The Morgan fingerprint density at radius 3 is 2.58 bits per heavy atom. The van der Waals surface area contributed by atoms with Crippen molar-refractivity contribution < 1.29 is 4.79 Å². The Morgan fingerprint density at radius 2 is 1.81 bits per heavy atom. The van der Waals surface area contributed by atoms with Crippen LogP contribution in [-0.4, -0.2) is 15.9 Å². The Kier molecular flexibility index (Phi) is 5.71. The molecule has 132 valence electrons. The van der Waals surface area contributed by atoms with Crippen molar-refractivity contribution >= 4 is 40.7 Å². The van der Waals surface area contributed by atoms with Crippen LogP contribution in [0.1, 0.15) is 21.7 Å². The first-order valence-electron chi connectivity index (χ1n) is 7.92. The summed E-state index contributed by atoms with van der Waals surface area (Å²) in [5, 5.41) is 6.65. The van der Waals surface area contributed by atoms with Gasteiger partial charge in [-0.3, -0.25) is 4.79 Å². The van der Waals surface area contributed by atoms with Crippen molar-refractivity contribution in [1.29, 1.82) is 0 Å². The van der Waals surface area contributed by atoms with Crippen molar-refractivity contribution in [2.75, 3.05) is 5.32 Å². The fourth-order valence-corrected chi connectivity index (χ4v) is 2.68. The zero-order valence-electron chi connectivity index (χ0n) is 14.0. The molecule has 1 amide bonds. The minimum absolute atomic E-state index is 0.272. The van der Waals surface area contributed by atoms with Crippen molar-refractivity contribution in [1.82, 2.24) is 15.3 Å². The number of nitrogens with zero attached hydrogens (tertiary/aromatic N) is 2. The topological polar surface area (TPSA) is 66.9 Å². The normalized spacial score (nSPS) is 10.4. The third kappa shape index (κ3) is 4.50. The van der Waals surface area contributed by atoms with Crippen LogP contribution in [-0.2, 0) is 6.54 Å². The molecule has 5 nitrogen and oxygen atoms in total. The summed E-state index contributed by atoms with van der Waals surface area (Å²) < 4.78 is 0. The molecule has 0 saturated heterocycles. The molecular weight excluding hydrogens is 371 g/mol. The Morgan fingerprint density at radius 1 is 1.04 bits per heavy atom. The zero-order valence-corrected chi connectivity index (χ0v) is 15.5. The summed E-state index contributed by atoms with van der Waals surface area (Å²) in [5.74, 6) is -0.00128. The summed E-state index contributed by atoms with van der Waals surface area (Å²) in [6, 6.07) is 16.5. The molecule has 0 aliphatic rings. The molecule has 2 N–H and O–H groups in total. The second-order valence-electron chi connectivity index (χ2n) is 5.61. The summed E-state index contributed by atoms with van der Waals surface area (Å²) in [5.41, 5.74) is 2.51. The molecule has 0 bridgehead atoms. The number of benzene rings is 2. The molecule has 3 aromatic rings. The van der Waals surface area contributed by atoms with E-state index in [1.54, 1.807) is 31.2 Å². The number of halogens is 2. The van der Waals surface area contributed by atoms with Gasteiger partial charge in [-0.15, -0.1) is 0 Å². The molecule has 0 spiro atoms. The van der Waals surface area contributed by atoms with Gasteiger partial charge in [-0.05, 0) is 30.7 Å². The third-order valence-electron chi connectivity index (χ3n) is 3.58. The smallest absolute Gasteiger partial charge is 0.270 e. The third-order valence-corrected chi connectivity index (χ3v) is 4.40. The molecule has 0 aliphatic carbocycles. The number of anilines is 2. The van der Waals surface area contributed by atoms with E-state index in [0.717, 1.165) is 5.56 Å². The van der Waals surface area contributed by atoms with Crippen LogP contribution in [0.2, 0.25) is 10.0 Å². The van der Waals surface area contributed by atoms with Gasteiger partial charge in [0.1, 0.15) is 5.69 Å². The van der Waals surface area contributed by atoms with E-state index in [9.17, 15) is 4.79 Å². The molecular formula is C19H16Cl2N4O. The van der Waals surface area contributed by atoms with Gasteiger partial charge in [0.2, 0.25) is 5.95 Å². The molecule has 7 heteroatoms. The van der Waals surface area contributed by atoms with Crippen molar-refractivity contribution in [3.8, 4) is 0 Å². The van der Waals surface area contributed by atoms with Gasteiger partial charge in [0, 0.05) is 12.2 Å². The summed E-state index contributed by atoms with van der Waals surface area (Å²) in [6.07, 6.45) is 0. The molecule has 0 aliphatic heterocycles. The molecule has 26 heavy (non-hydrogen) atoms. The second-order valence-corrected chi connectivity index (χ2v) is 6.40. The van der Waals surface area contributed by atoms with Crippen molar-refractivity contribution in [2.24, 2.45) is 0 Å². The number of hydrogen-bond acceptors (Lipinski definition) is 4. The number of nitrogens with one attached hydrogen (secondary N) is 2. The maximum absolute atomic E-state index is 12.4. The predicted molar refractivity (Wildman–Crippen MR) is 104 cm³/mol. The van der Waals surface area contributed by atoms with E-state index >= 15 is 0 Å². The Bertz CT molecular complexity index is 932. The van der Waals surface area contributed by atoms with Crippen LogP contribution in [0.3, 0.4) is 0 Å². The highest BCUT2D eigenvalue weighted by molar-refractivity contribution is 6.43. The Hall–Kier alpha value is -2.63. The zero-order chi connectivity index (χ0) is 18.5. The molecule has 0 atom stereocenters. The molecule has 0 saturated carbocycles. The lowest BCUT2D eigenvalue weighted by atomic mass is 10.2. The summed E-state index contributed by atoms with van der Waals surface area (Å²) in [6.45, 7) is 2.21. The van der Waals surface area contributed by atoms with Crippen LogP contribution in [0, 0.1) is 6.92 Å². The number of aromatic nitrogens is 2. The SMILES string of the molecule is Cc1cc(C(=O)NCc2ccccc2)nc(Nc2cccc(Cl)c2Cl)n1. The predicted octanol–water partition coefficient (Wildman–Crippen LogP) is 4.77. The highest BCUT2D eigenvalue weighted by atomic mass is 35.5. The molecule has 3 rings (SSSR count). The maximum atomic E-state index is 12.4. The summed E-state index contributed by atoms with van der Waals surface area (Å²) in [4.78, 5) is 21.0. The number of hydrogen-bond donors (Lipinski definition) is 2. The monoisotopic (exact) mass is 386 g/mol. The number of rotatable bonds is 5. The lowest BCUT2D eigenvalue weighted by molar-refractivity contribution is 0.0945. The average Bonchev–Trinajstić information content (AvgIpc) is 2.64. The van der Waals surface area contributed by atoms with Gasteiger partial charge in [-0.1, -0.05) is 59.6 Å². The maximum Gasteiger partial charge on any atom is 0.270 e.